The summed E-state index contributed by atoms with van der Waals surface area (Å²) in [6, 6.07) is 0. The number of aliphatic hydroxyl groups excluding tert-OH is 1. The summed E-state index contributed by atoms with van der Waals surface area (Å²) in [6.45, 7) is 8.49. The third-order valence-electron chi connectivity index (χ3n) is 2.34. The van der Waals surface area contributed by atoms with Crippen molar-refractivity contribution in [1.29, 1.82) is 0 Å². The van der Waals surface area contributed by atoms with Crippen molar-refractivity contribution in [3.05, 3.63) is 0 Å². The van der Waals surface area contributed by atoms with Gasteiger partial charge in [-0.3, -0.25) is 0 Å². The summed E-state index contributed by atoms with van der Waals surface area (Å²) in [5.41, 5.74) is 0. The van der Waals surface area contributed by atoms with Crippen molar-refractivity contribution in [2.45, 2.75) is 59.2 Å². The second-order valence-electron chi connectivity index (χ2n) is 4.05. The van der Waals surface area contributed by atoms with Crippen LogP contribution in [0.5, 0.6) is 0 Å². The maximum atomic E-state index is 9.22. The minimum absolute atomic E-state index is 0.184. The van der Waals surface area contributed by atoms with Gasteiger partial charge in [0.1, 0.15) is 0 Å². The van der Waals surface area contributed by atoms with E-state index in [1.54, 1.807) is 0 Å². The molecule has 0 aromatic heterocycles. The van der Waals surface area contributed by atoms with Crippen LogP contribution in [-0.2, 0) is 26.6 Å². The molecule has 0 aliphatic heterocycles. The average molecular weight is 252 g/mol. The van der Waals surface area contributed by atoms with Crippen LogP contribution >= 0.6 is 0 Å². The summed E-state index contributed by atoms with van der Waals surface area (Å²) in [7, 11) is 0. The topological polar surface area (TPSA) is 38.7 Å². The molecule has 4 heteroatoms. The fourth-order valence-electron chi connectivity index (χ4n) is 1.37. The molecule has 0 saturated carbocycles. The molecule has 0 bridgehead atoms. The first-order valence-corrected chi connectivity index (χ1v) is 7.10. The molecule has 0 rings (SSSR count). The zero-order chi connectivity index (χ0) is 11.7. The van der Waals surface area contributed by atoms with E-state index in [4.69, 9.17) is 6.64 Å². The molecule has 2 atom stereocenters. The van der Waals surface area contributed by atoms with Gasteiger partial charge in [-0.2, -0.15) is 0 Å². The Labute approximate surface area is 103 Å². The number of rotatable bonds is 9. The first-order chi connectivity index (χ1) is 7.15. The van der Waals surface area contributed by atoms with Gasteiger partial charge in [-0.15, -0.1) is 0 Å². The van der Waals surface area contributed by atoms with Crippen LogP contribution in [0.25, 0.3) is 0 Å². The second-order valence-corrected chi connectivity index (χ2v) is 5.04. The Hall–Kier alpha value is 0.594. The molecule has 1 N–H and O–H groups in total. The van der Waals surface area contributed by atoms with Crippen LogP contribution in [0.2, 0.25) is 0 Å². The van der Waals surface area contributed by atoms with Crippen molar-refractivity contribution in [1.82, 2.24) is 0 Å². The van der Waals surface area contributed by atoms with Crippen molar-refractivity contribution >= 4 is 0 Å². The summed E-state index contributed by atoms with van der Waals surface area (Å²) >= 11 is -0.756. The van der Waals surface area contributed by atoms with E-state index in [-0.39, 0.29) is 24.7 Å². The first-order valence-electron chi connectivity index (χ1n) is 5.82. The van der Waals surface area contributed by atoms with Gasteiger partial charge in [0.15, 0.2) is 0 Å². The zero-order valence-corrected chi connectivity index (χ0v) is 11.9. The van der Waals surface area contributed by atoms with E-state index >= 15 is 0 Å². The van der Waals surface area contributed by atoms with Crippen LogP contribution in [0.3, 0.4) is 0 Å². The van der Waals surface area contributed by atoms with Crippen molar-refractivity contribution in [3.8, 4) is 0 Å². The predicted molar refractivity (Wildman–Crippen MR) is 56.9 cm³/mol. The number of aliphatic hydroxyl groups is 1. The molecule has 0 aliphatic carbocycles. The van der Waals surface area contributed by atoms with Crippen molar-refractivity contribution < 1.29 is 31.7 Å². The molecule has 15 heavy (non-hydrogen) atoms. The summed E-state index contributed by atoms with van der Waals surface area (Å²) in [4.78, 5) is 0. The zero-order valence-electron chi connectivity index (χ0n) is 10.3. The maximum absolute atomic E-state index is 9.22. The number of hydrogen-bond donors (Lipinski definition) is 1. The predicted octanol–water partition coefficient (Wildman–Crippen LogP) is 2.53. The van der Waals surface area contributed by atoms with Crippen molar-refractivity contribution in [2.75, 3.05) is 6.61 Å². The molecule has 0 saturated heterocycles. The van der Waals surface area contributed by atoms with Crippen molar-refractivity contribution in [2.24, 2.45) is 5.92 Å². The van der Waals surface area contributed by atoms with E-state index in [0.29, 0.717) is 0 Å². The van der Waals surface area contributed by atoms with Crippen LogP contribution < -0.4 is 0 Å². The Balaban J connectivity index is 3.91. The monoisotopic (exact) mass is 252 g/mol. The first kappa shape index (κ1) is 15.6. The Kier molecular flexibility index (Phi) is 10.2. The fourth-order valence-corrected chi connectivity index (χ4v) is 2.44. The van der Waals surface area contributed by atoms with Gasteiger partial charge in [-0.25, -0.2) is 0 Å². The Morgan fingerprint density at radius 1 is 1.20 bits per heavy atom. The third kappa shape index (κ3) is 7.48. The Bertz CT molecular complexity index is 138. The Morgan fingerprint density at radius 3 is 2.27 bits per heavy atom. The average Bonchev–Trinajstić information content (AvgIpc) is 2.19. The third-order valence-corrected chi connectivity index (χ3v) is 3.85. The molecule has 3 nitrogen and oxygen atoms in total. The molecule has 0 heterocycles. The van der Waals surface area contributed by atoms with Gasteiger partial charge in [0, 0.05) is 0 Å². The van der Waals surface area contributed by atoms with Gasteiger partial charge in [-0.1, -0.05) is 0 Å². The molecule has 0 fully saturated rings. The fraction of sp³-hybridized carbons (Fsp3) is 1.00. The minimum atomic E-state index is -0.756. The summed E-state index contributed by atoms with van der Waals surface area (Å²) < 4.78 is 11.3. The van der Waals surface area contributed by atoms with Gasteiger partial charge in [-0.05, 0) is 0 Å². The molecule has 0 aromatic carbocycles. The quantitative estimate of drug-likeness (QED) is 0.641. The van der Waals surface area contributed by atoms with E-state index in [9.17, 15) is 5.11 Å². The normalized spacial score (nSPS) is 15.3. The van der Waals surface area contributed by atoms with Gasteiger partial charge in [0.05, 0.1) is 0 Å². The van der Waals surface area contributed by atoms with E-state index in [2.05, 4.69) is 13.8 Å². The van der Waals surface area contributed by atoms with Gasteiger partial charge >= 0.3 is 103 Å². The molecule has 2 unspecified atom stereocenters. The Morgan fingerprint density at radius 2 is 1.87 bits per heavy atom. The van der Waals surface area contributed by atoms with Gasteiger partial charge in [0.25, 0.3) is 0 Å². The van der Waals surface area contributed by atoms with Gasteiger partial charge in [0.2, 0.25) is 0 Å². The molecular weight excluding hydrogens is 228 g/mol. The molecule has 0 spiro atoms. The standard InChI is InChI=1S/C8H17O2.C3H7O.Ti/c1-3-5-8(10)7(4-2)6-9;1-3(2)4;/h7-9H,3-6H2,1-2H3;3H,1-2H3;/q2*-1;+2. The van der Waals surface area contributed by atoms with E-state index in [1.807, 2.05) is 13.8 Å². The SMILES string of the molecule is CCCC([O][Ti][O]C(C)C)C(CC)CO. The summed E-state index contributed by atoms with van der Waals surface area (Å²) in [5.74, 6) is 0.268. The second kappa shape index (κ2) is 9.79. The molecule has 90 valence electrons. The summed E-state index contributed by atoms with van der Waals surface area (Å²) in [5, 5.41) is 9.22. The molecule has 0 amide bonds. The van der Waals surface area contributed by atoms with Crippen LogP contribution in [0, 0.1) is 5.92 Å². The molecule has 0 radical (unpaired) electrons. The molecule has 0 aliphatic rings. The van der Waals surface area contributed by atoms with E-state index in [1.165, 1.54) is 0 Å². The van der Waals surface area contributed by atoms with E-state index in [0.717, 1.165) is 19.3 Å². The van der Waals surface area contributed by atoms with Crippen LogP contribution in [-0.4, -0.2) is 23.9 Å². The van der Waals surface area contributed by atoms with Gasteiger partial charge < -0.3 is 0 Å². The van der Waals surface area contributed by atoms with Crippen molar-refractivity contribution in [3.63, 3.8) is 0 Å². The van der Waals surface area contributed by atoms with Crippen LogP contribution in [0.15, 0.2) is 0 Å². The van der Waals surface area contributed by atoms with Crippen LogP contribution in [0.4, 0.5) is 0 Å². The summed E-state index contributed by atoms with van der Waals surface area (Å²) in [6.07, 6.45) is 3.51. The number of hydrogen-bond acceptors (Lipinski definition) is 3. The van der Waals surface area contributed by atoms with Crippen LogP contribution in [0.1, 0.15) is 47.0 Å². The molecular formula is C11H24O3Ti. The molecule has 0 aromatic rings. The van der Waals surface area contributed by atoms with E-state index < -0.39 is 19.9 Å².